The zero-order valence-corrected chi connectivity index (χ0v) is 21.1. The number of hydrogen-bond donors (Lipinski definition) is 2. The first-order valence-electron chi connectivity index (χ1n) is 13.5. The summed E-state index contributed by atoms with van der Waals surface area (Å²) in [6, 6.07) is 0. The van der Waals surface area contributed by atoms with E-state index < -0.39 is 17.9 Å². The summed E-state index contributed by atoms with van der Waals surface area (Å²) in [7, 11) is 0. The fourth-order valence-corrected chi connectivity index (χ4v) is 8.99. The van der Waals surface area contributed by atoms with Crippen LogP contribution in [0.3, 0.4) is 0 Å². The zero-order chi connectivity index (χ0) is 24.2. The van der Waals surface area contributed by atoms with Gasteiger partial charge < -0.3 is 10.2 Å². The molecule has 0 heterocycles. The molecule has 0 bridgehead atoms. The minimum atomic E-state index is -4.50. The fourth-order valence-electron chi connectivity index (χ4n) is 8.99. The van der Waals surface area contributed by atoms with Gasteiger partial charge in [0.2, 0.25) is 0 Å². The SMILES string of the molecule is CC[C@]1(O)CC[C@@]2(C)C(=CC[C@H]3[C@@H]4CC[C@H]([C@H](C)CCC[C@H](O)C(F)(F)F)[C@@]4(C)CC[C@@H]32)C1. The van der Waals surface area contributed by atoms with Gasteiger partial charge in [-0.2, -0.15) is 13.2 Å². The average Bonchev–Trinajstić information content (AvgIpc) is 3.11. The van der Waals surface area contributed by atoms with E-state index in [-0.39, 0.29) is 17.3 Å². The van der Waals surface area contributed by atoms with Crippen molar-refractivity contribution in [2.24, 2.45) is 40.4 Å². The molecule has 0 aromatic rings. The summed E-state index contributed by atoms with van der Waals surface area (Å²) in [6.45, 7) is 9.28. The number of aliphatic hydroxyl groups is 2. The smallest absolute Gasteiger partial charge is 0.390 e. The van der Waals surface area contributed by atoms with Crippen LogP contribution in [0.4, 0.5) is 13.2 Å². The van der Waals surface area contributed by atoms with Gasteiger partial charge in [-0.05, 0) is 105 Å². The normalized spacial score (nSPS) is 44.9. The first-order valence-corrected chi connectivity index (χ1v) is 13.5. The Balaban J connectivity index is 1.43. The third-order valence-electron chi connectivity index (χ3n) is 11.2. The molecule has 2 N–H and O–H groups in total. The lowest BCUT2D eigenvalue weighted by Crippen LogP contribution is -2.52. The van der Waals surface area contributed by atoms with Gasteiger partial charge in [0.1, 0.15) is 6.10 Å². The molecule has 3 saturated carbocycles. The van der Waals surface area contributed by atoms with Crippen LogP contribution in [0.5, 0.6) is 0 Å². The lowest BCUT2D eigenvalue weighted by molar-refractivity contribution is -0.205. The lowest BCUT2D eigenvalue weighted by Gasteiger charge is -2.59. The van der Waals surface area contributed by atoms with Crippen LogP contribution in [0.15, 0.2) is 11.6 Å². The molecular weight excluding hydrogens is 425 g/mol. The van der Waals surface area contributed by atoms with E-state index in [2.05, 4.69) is 33.8 Å². The van der Waals surface area contributed by atoms with Crippen LogP contribution < -0.4 is 0 Å². The van der Waals surface area contributed by atoms with Gasteiger partial charge in [0.25, 0.3) is 0 Å². The Morgan fingerprint density at radius 2 is 1.79 bits per heavy atom. The van der Waals surface area contributed by atoms with Crippen molar-refractivity contribution in [3.63, 3.8) is 0 Å². The number of halogens is 3. The highest BCUT2D eigenvalue weighted by Gasteiger charge is 2.59. The van der Waals surface area contributed by atoms with Gasteiger partial charge in [-0.15, -0.1) is 0 Å². The van der Waals surface area contributed by atoms with Gasteiger partial charge in [-0.3, -0.25) is 0 Å². The van der Waals surface area contributed by atoms with Crippen molar-refractivity contribution in [3.05, 3.63) is 11.6 Å². The molecule has 9 atom stereocenters. The topological polar surface area (TPSA) is 40.5 Å². The molecule has 0 aromatic heterocycles. The van der Waals surface area contributed by atoms with Crippen LogP contribution in [-0.4, -0.2) is 28.1 Å². The molecule has 5 heteroatoms. The highest BCUT2D eigenvalue weighted by Crippen LogP contribution is 2.67. The van der Waals surface area contributed by atoms with Crippen LogP contribution in [0.25, 0.3) is 0 Å². The molecule has 4 aliphatic rings. The van der Waals surface area contributed by atoms with Crippen LogP contribution >= 0.6 is 0 Å². The maximum atomic E-state index is 12.7. The predicted molar refractivity (Wildman–Crippen MR) is 126 cm³/mol. The Morgan fingerprint density at radius 1 is 1.06 bits per heavy atom. The maximum Gasteiger partial charge on any atom is 0.414 e. The van der Waals surface area contributed by atoms with Crippen molar-refractivity contribution in [3.8, 4) is 0 Å². The molecule has 0 saturated heterocycles. The largest absolute Gasteiger partial charge is 0.414 e. The number of rotatable bonds is 6. The van der Waals surface area contributed by atoms with Crippen LogP contribution in [0.2, 0.25) is 0 Å². The van der Waals surface area contributed by atoms with Crippen molar-refractivity contribution in [2.45, 2.75) is 123 Å². The van der Waals surface area contributed by atoms with E-state index in [1.807, 2.05) is 0 Å². The molecule has 0 radical (unpaired) electrons. The summed E-state index contributed by atoms with van der Waals surface area (Å²) >= 11 is 0. The Bertz CT molecular complexity index is 748. The number of alkyl halides is 3. The summed E-state index contributed by atoms with van der Waals surface area (Å²) in [4.78, 5) is 0. The Kier molecular flexibility index (Phi) is 6.84. The first kappa shape index (κ1) is 25.5. The van der Waals surface area contributed by atoms with Gasteiger partial charge in [0, 0.05) is 0 Å². The third kappa shape index (κ3) is 4.43. The Labute approximate surface area is 198 Å². The van der Waals surface area contributed by atoms with Gasteiger partial charge in [0.15, 0.2) is 0 Å². The standard InChI is InChI=1S/C28H45F3O2/c1-5-27(33)16-15-25(3)19(17-27)9-10-20-22-12-11-21(26(22,4)14-13-23(20)25)18(2)7-6-8-24(32)28(29,30)31/h9,18,20-24,32-33H,5-8,10-17H2,1-4H3/t18-,20+,21-,22+,23+,24+,25+,26-,27+/m1/s1. The van der Waals surface area contributed by atoms with Crippen molar-refractivity contribution in [1.82, 2.24) is 0 Å². The highest BCUT2D eigenvalue weighted by molar-refractivity contribution is 5.27. The summed E-state index contributed by atoms with van der Waals surface area (Å²) in [6.07, 6.45) is 6.54. The second-order valence-electron chi connectivity index (χ2n) is 12.7. The second kappa shape index (κ2) is 8.84. The molecule has 33 heavy (non-hydrogen) atoms. The quantitative estimate of drug-likeness (QED) is 0.396. The number of allylic oxidation sites excluding steroid dienone is 1. The molecule has 0 unspecified atom stereocenters. The van der Waals surface area contributed by atoms with Crippen LogP contribution in [0, 0.1) is 40.4 Å². The highest BCUT2D eigenvalue weighted by atomic mass is 19.4. The van der Waals surface area contributed by atoms with Crippen molar-refractivity contribution in [2.75, 3.05) is 0 Å². The summed E-state index contributed by atoms with van der Waals surface area (Å²) in [5, 5.41) is 20.3. The van der Waals surface area contributed by atoms with E-state index in [4.69, 9.17) is 0 Å². The summed E-state index contributed by atoms with van der Waals surface area (Å²) in [5.74, 6) is 3.08. The Morgan fingerprint density at radius 3 is 2.45 bits per heavy atom. The van der Waals surface area contributed by atoms with Gasteiger partial charge >= 0.3 is 6.18 Å². The molecule has 0 aliphatic heterocycles. The lowest BCUT2D eigenvalue weighted by atomic mass is 9.46. The van der Waals surface area contributed by atoms with E-state index in [0.717, 1.165) is 38.5 Å². The minimum Gasteiger partial charge on any atom is -0.390 e. The molecule has 0 amide bonds. The van der Waals surface area contributed by atoms with E-state index in [1.54, 1.807) is 0 Å². The molecule has 0 spiro atoms. The fraction of sp³-hybridized carbons (Fsp3) is 0.929. The minimum absolute atomic E-state index is 0.179. The summed E-state index contributed by atoms with van der Waals surface area (Å²) < 4.78 is 38.0. The van der Waals surface area contributed by atoms with Gasteiger partial charge in [-0.1, -0.05) is 52.2 Å². The van der Waals surface area contributed by atoms with Crippen molar-refractivity contribution in [1.29, 1.82) is 0 Å². The van der Waals surface area contributed by atoms with E-state index >= 15 is 0 Å². The predicted octanol–water partition coefficient (Wildman–Crippen LogP) is 7.44. The number of fused-ring (bicyclic) bond motifs is 5. The molecule has 2 nitrogen and oxygen atoms in total. The number of aliphatic hydroxyl groups excluding tert-OH is 1. The molecule has 4 rings (SSSR count). The molecular formula is C28H45F3O2. The van der Waals surface area contributed by atoms with Gasteiger partial charge in [-0.25, -0.2) is 0 Å². The zero-order valence-electron chi connectivity index (χ0n) is 21.1. The third-order valence-corrected chi connectivity index (χ3v) is 11.2. The second-order valence-corrected chi connectivity index (χ2v) is 12.7. The van der Waals surface area contributed by atoms with E-state index in [0.29, 0.717) is 36.0 Å². The van der Waals surface area contributed by atoms with Crippen LogP contribution in [-0.2, 0) is 0 Å². The van der Waals surface area contributed by atoms with E-state index in [1.165, 1.54) is 31.3 Å². The summed E-state index contributed by atoms with van der Waals surface area (Å²) in [5.41, 5.74) is 1.50. The number of hydrogen-bond acceptors (Lipinski definition) is 2. The monoisotopic (exact) mass is 470 g/mol. The Hall–Kier alpha value is -0.550. The van der Waals surface area contributed by atoms with Crippen molar-refractivity contribution >= 4 is 0 Å². The van der Waals surface area contributed by atoms with Gasteiger partial charge in [0.05, 0.1) is 5.60 Å². The molecule has 4 aliphatic carbocycles. The van der Waals surface area contributed by atoms with E-state index in [9.17, 15) is 23.4 Å². The molecule has 0 aromatic carbocycles. The molecule has 3 fully saturated rings. The first-order chi connectivity index (χ1) is 15.3. The molecule has 190 valence electrons. The van der Waals surface area contributed by atoms with Crippen molar-refractivity contribution < 1.29 is 23.4 Å². The van der Waals surface area contributed by atoms with Crippen LogP contribution in [0.1, 0.15) is 105 Å². The average molecular weight is 471 g/mol. The maximum absolute atomic E-state index is 12.7.